The van der Waals surface area contributed by atoms with Crippen molar-refractivity contribution in [2.24, 2.45) is 0 Å². The predicted molar refractivity (Wildman–Crippen MR) is 87.0 cm³/mol. The van der Waals surface area contributed by atoms with Crippen LogP contribution in [0.15, 0.2) is 40.9 Å². The summed E-state index contributed by atoms with van der Waals surface area (Å²) < 4.78 is 33.7. The zero-order chi connectivity index (χ0) is 16.3. The highest BCUT2D eigenvalue weighted by molar-refractivity contribution is 9.10. The van der Waals surface area contributed by atoms with E-state index in [9.17, 15) is 8.78 Å². The van der Waals surface area contributed by atoms with Gasteiger partial charge in [0.15, 0.2) is 0 Å². The van der Waals surface area contributed by atoms with Gasteiger partial charge in [0.1, 0.15) is 17.4 Å². The van der Waals surface area contributed by atoms with Gasteiger partial charge in [0.05, 0.1) is 11.6 Å². The number of hydrogen-bond acceptors (Lipinski definition) is 2. The van der Waals surface area contributed by atoms with Crippen molar-refractivity contribution >= 4 is 15.9 Å². The molecule has 2 rings (SSSR count). The molecular formula is C17H18BrF2NO. The molecule has 2 aromatic rings. The largest absolute Gasteiger partial charge is 0.496 e. The average Bonchev–Trinajstić information content (AvgIpc) is 2.46. The first-order valence-corrected chi connectivity index (χ1v) is 7.76. The maximum absolute atomic E-state index is 13.8. The van der Waals surface area contributed by atoms with Gasteiger partial charge in [-0.05, 0) is 59.6 Å². The van der Waals surface area contributed by atoms with Crippen molar-refractivity contribution in [1.82, 2.24) is 5.32 Å². The van der Waals surface area contributed by atoms with Crippen molar-refractivity contribution in [3.05, 3.63) is 63.6 Å². The average molecular weight is 370 g/mol. The van der Waals surface area contributed by atoms with E-state index in [0.29, 0.717) is 0 Å². The Hall–Kier alpha value is -1.46. The van der Waals surface area contributed by atoms with Crippen LogP contribution >= 0.6 is 15.9 Å². The molecule has 118 valence electrons. The summed E-state index contributed by atoms with van der Waals surface area (Å²) in [6.07, 6.45) is 0. The van der Waals surface area contributed by atoms with Crippen LogP contribution in [0.3, 0.4) is 0 Å². The lowest BCUT2D eigenvalue weighted by atomic mass is 10.0. The maximum atomic E-state index is 13.8. The van der Waals surface area contributed by atoms with E-state index in [4.69, 9.17) is 4.74 Å². The third-order valence-electron chi connectivity index (χ3n) is 3.61. The first-order valence-electron chi connectivity index (χ1n) is 6.97. The smallest absolute Gasteiger partial charge is 0.133 e. The second-order valence-electron chi connectivity index (χ2n) is 5.14. The molecular weight excluding hydrogens is 352 g/mol. The van der Waals surface area contributed by atoms with E-state index >= 15 is 0 Å². The minimum atomic E-state index is -0.539. The van der Waals surface area contributed by atoms with E-state index < -0.39 is 17.7 Å². The van der Waals surface area contributed by atoms with Gasteiger partial charge in [0.25, 0.3) is 0 Å². The van der Waals surface area contributed by atoms with Crippen LogP contribution in [-0.2, 0) is 0 Å². The molecule has 0 saturated heterocycles. The fourth-order valence-corrected chi connectivity index (χ4v) is 2.99. The van der Waals surface area contributed by atoms with Crippen molar-refractivity contribution in [3.63, 3.8) is 0 Å². The van der Waals surface area contributed by atoms with Gasteiger partial charge in [-0.25, -0.2) is 8.78 Å². The Balaban J connectivity index is 2.18. The number of ether oxygens (including phenoxy) is 1. The lowest BCUT2D eigenvalue weighted by Gasteiger charge is -2.22. The van der Waals surface area contributed by atoms with Gasteiger partial charge in [-0.15, -0.1) is 0 Å². The minimum Gasteiger partial charge on any atom is -0.496 e. The summed E-state index contributed by atoms with van der Waals surface area (Å²) in [6, 6.07) is 9.09. The zero-order valence-corrected chi connectivity index (χ0v) is 14.2. The summed E-state index contributed by atoms with van der Waals surface area (Å²) in [7, 11) is 1.60. The summed E-state index contributed by atoms with van der Waals surface area (Å²) in [5, 5.41) is 3.22. The highest BCUT2D eigenvalue weighted by Gasteiger charge is 2.18. The second kappa shape index (κ2) is 7.20. The molecule has 0 unspecified atom stereocenters. The molecule has 2 aromatic carbocycles. The van der Waals surface area contributed by atoms with Gasteiger partial charge in [0.2, 0.25) is 0 Å². The van der Waals surface area contributed by atoms with Gasteiger partial charge in [-0.3, -0.25) is 0 Å². The van der Waals surface area contributed by atoms with Gasteiger partial charge in [-0.2, -0.15) is 0 Å². The molecule has 1 N–H and O–H groups in total. The molecule has 2 nitrogen and oxygen atoms in total. The summed E-state index contributed by atoms with van der Waals surface area (Å²) >= 11 is 3.44. The zero-order valence-electron chi connectivity index (χ0n) is 12.7. The van der Waals surface area contributed by atoms with Crippen LogP contribution < -0.4 is 10.1 Å². The highest BCUT2D eigenvalue weighted by Crippen LogP contribution is 2.29. The topological polar surface area (TPSA) is 21.3 Å². The van der Waals surface area contributed by atoms with Crippen molar-refractivity contribution in [3.8, 4) is 5.75 Å². The Morgan fingerprint density at radius 2 is 1.68 bits per heavy atom. The van der Waals surface area contributed by atoms with Gasteiger partial charge < -0.3 is 10.1 Å². The van der Waals surface area contributed by atoms with E-state index in [-0.39, 0.29) is 11.6 Å². The summed E-state index contributed by atoms with van der Waals surface area (Å²) in [6.45, 7) is 3.69. The summed E-state index contributed by atoms with van der Waals surface area (Å²) in [4.78, 5) is 0. The van der Waals surface area contributed by atoms with Crippen molar-refractivity contribution in [1.29, 1.82) is 0 Å². The Morgan fingerprint density at radius 3 is 2.23 bits per heavy atom. The SMILES string of the molecule is COc1ccc([C@@H](C)N[C@H](C)c2c(F)cccc2F)cc1Br. The molecule has 0 radical (unpaired) electrons. The molecule has 0 bridgehead atoms. The molecule has 0 heterocycles. The number of methoxy groups -OCH3 is 1. The molecule has 0 aliphatic carbocycles. The minimum absolute atomic E-state index is 0.0573. The molecule has 0 spiro atoms. The second-order valence-corrected chi connectivity index (χ2v) is 5.99. The molecule has 5 heteroatoms. The first-order chi connectivity index (χ1) is 10.4. The van der Waals surface area contributed by atoms with Gasteiger partial charge in [0, 0.05) is 17.6 Å². The molecule has 2 atom stereocenters. The van der Waals surface area contributed by atoms with Gasteiger partial charge in [-0.1, -0.05) is 12.1 Å². The summed E-state index contributed by atoms with van der Waals surface area (Å²) in [5.74, 6) is -0.338. The molecule has 0 aliphatic rings. The fraction of sp³-hybridized carbons (Fsp3) is 0.294. The van der Waals surface area contributed by atoms with E-state index in [2.05, 4.69) is 21.2 Å². The Morgan fingerprint density at radius 1 is 1.05 bits per heavy atom. The third kappa shape index (κ3) is 3.65. The number of rotatable bonds is 5. The van der Waals surface area contributed by atoms with Crippen LogP contribution in [0.5, 0.6) is 5.75 Å². The highest BCUT2D eigenvalue weighted by atomic mass is 79.9. The normalized spacial score (nSPS) is 13.7. The van der Waals surface area contributed by atoms with Crippen molar-refractivity contribution in [2.45, 2.75) is 25.9 Å². The van der Waals surface area contributed by atoms with Gasteiger partial charge >= 0.3 is 0 Å². The Labute approximate surface area is 137 Å². The lowest BCUT2D eigenvalue weighted by Crippen LogP contribution is -2.24. The molecule has 0 saturated carbocycles. The summed E-state index contributed by atoms with van der Waals surface area (Å²) in [5.41, 5.74) is 1.05. The first kappa shape index (κ1) is 16.9. The lowest BCUT2D eigenvalue weighted by molar-refractivity contribution is 0.411. The van der Waals surface area contributed by atoms with Crippen LogP contribution in [0.2, 0.25) is 0 Å². The van der Waals surface area contributed by atoms with Crippen molar-refractivity contribution < 1.29 is 13.5 Å². The molecule has 0 fully saturated rings. The van der Waals surface area contributed by atoms with Crippen LogP contribution in [0.4, 0.5) is 8.78 Å². The number of nitrogens with one attached hydrogen (secondary N) is 1. The molecule has 22 heavy (non-hydrogen) atoms. The number of hydrogen-bond donors (Lipinski definition) is 1. The van der Waals surface area contributed by atoms with Crippen LogP contribution in [0.25, 0.3) is 0 Å². The van der Waals surface area contributed by atoms with Crippen LogP contribution in [0.1, 0.15) is 37.1 Å². The number of benzene rings is 2. The molecule has 0 aromatic heterocycles. The quantitative estimate of drug-likeness (QED) is 0.786. The third-order valence-corrected chi connectivity index (χ3v) is 4.23. The maximum Gasteiger partial charge on any atom is 0.133 e. The Bertz CT molecular complexity index is 643. The van der Waals surface area contributed by atoms with E-state index in [0.717, 1.165) is 15.8 Å². The number of halogens is 3. The fourth-order valence-electron chi connectivity index (χ4n) is 2.43. The van der Waals surface area contributed by atoms with E-state index in [1.165, 1.54) is 18.2 Å². The van der Waals surface area contributed by atoms with Crippen LogP contribution in [0, 0.1) is 11.6 Å². The van der Waals surface area contributed by atoms with E-state index in [1.54, 1.807) is 14.0 Å². The predicted octanol–water partition coefficient (Wildman–Crippen LogP) is 5.15. The van der Waals surface area contributed by atoms with Crippen molar-refractivity contribution in [2.75, 3.05) is 7.11 Å². The standard InChI is InChI=1S/C17H18BrF2NO/c1-10(12-7-8-16(22-3)13(18)9-12)21-11(2)17-14(19)5-4-6-15(17)20/h4-11,21H,1-3H3/t10-,11-/m1/s1. The molecule has 0 aliphatic heterocycles. The Kier molecular flexibility index (Phi) is 5.53. The van der Waals surface area contributed by atoms with E-state index in [1.807, 2.05) is 25.1 Å². The monoisotopic (exact) mass is 369 g/mol. The van der Waals surface area contributed by atoms with Crippen LogP contribution in [-0.4, -0.2) is 7.11 Å². The molecule has 0 amide bonds.